The lowest BCUT2D eigenvalue weighted by Crippen LogP contribution is -2.10. The number of aromatic nitrogens is 4. The van der Waals surface area contributed by atoms with E-state index in [1.54, 1.807) is 12.1 Å². The molecule has 0 amide bonds. The van der Waals surface area contributed by atoms with E-state index >= 15 is 0 Å². The second-order valence-corrected chi connectivity index (χ2v) is 5.98. The first-order valence-corrected chi connectivity index (χ1v) is 7.77. The van der Waals surface area contributed by atoms with E-state index in [2.05, 4.69) is 15.5 Å². The monoisotopic (exact) mass is 327 g/mol. The maximum absolute atomic E-state index is 12.3. The van der Waals surface area contributed by atoms with Crippen LogP contribution in [-0.2, 0) is 10.1 Å². The van der Waals surface area contributed by atoms with E-state index in [1.807, 2.05) is 6.07 Å². The van der Waals surface area contributed by atoms with Gasteiger partial charge in [0.15, 0.2) is 0 Å². The van der Waals surface area contributed by atoms with Gasteiger partial charge in [0.2, 0.25) is 0 Å². The minimum Gasteiger partial charge on any atom is -0.379 e. The van der Waals surface area contributed by atoms with E-state index < -0.39 is 10.1 Å². The topological polar surface area (TPSA) is 111 Å². The molecule has 3 aromatic rings. The van der Waals surface area contributed by atoms with Gasteiger partial charge in [0.05, 0.1) is 17.3 Å². The van der Waals surface area contributed by atoms with Crippen LogP contribution in [0.1, 0.15) is 5.56 Å². The number of benzene rings is 2. The van der Waals surface area contributed by atoms with Gasteiger partial charge < -0.3 is 4.18 Å². The Kier molecular flexibility index (Phi) is 3.74. The van der Waals surface area contributed by atoms with Crippen molar-refractivity contribution in [2.45, 2.75) is 4.90 Å². The zero-order valence-corrected chi connectivity index (χ0v) is 12.4. The van der Waals surface area contributed by atoms with E-state index in [9.17, 15) is 8.42 Å². The van der Waals surface area contributed by atoms with Crippen molar-refractivity contribution < 1.29 is 12.6 Å². The minimum absolute atomic E-state index is 0.0932. The van der Waals surface area contributed by atoms with Gasteiger partial charge in [-0.3, -0.25) is 0 Å². The summed E-state index contributed by atoms with van der Waals surface area (Å²) in [5.41, 5.74) is 0.783. The van der Waals surface area contributed by atoms with Crippen molar-refractivity contribution in [2.75, 3.05) is 0 Å². The van der Waals surface area contributed by atoms with Crippen molar-refractivity contribution in [3.63, 3.8) is 0 Å². The molecule has 0 atom stereocenters. The summed E-state index contributed by atoms with van der Waals surface area (Å²) in [5, 5.41) is 19.6. The van der Waals surface area contributed by atoms with Crippen molar-refractivity contribution in [2.24, 2.45) is 0 Å². The van der Waals surface area contributed by atoms with Crippen LogP contribution in [-0.4, -0.2) is 28.6 Å². The Labute approximate surface area is 131 Å². The normalized spacial score (nSPS) is 10.9. The largest absolute Gasteiger partial charge is 0.379 e. The quantitative estimate of drug-likeness (QED) is 0.664. The molecule has 0 radical (unpaired) electrons. The molecular weight excluding hydrogens is 318 g/mol. The van der Waals surface area contributed by atoms with E-state index in [-0.39, 0.29) is 16.2 Å². The smallest absolute Gasteiger partial charge is 0.339 e. The van der Waals surface area contributed by atoms with Gasteiger partial charge in [0.25, 0.3) is 0 Å². The summed E-state index contributed by atoms with van der Waals surface area (Å²) >= 11 is 0. The van der Waals surface area contributed by atoms with E-state index in [4.69, 9.17) is 9.44 Å². The zero-order chi connectivity index (χ0) is 16.3. The Bertz CT molecular complexity index is 978. The molecule has 0 saturated heterocycles. The Hall–Kier alpha value is -3.25. The number of tetrazole rings is 1. The molecule has 0 fully saturated rings. The standard InChI is InChI=1S/C14H9N5O3S/c15-9-11-3-1-6-14(7-11)23(20,21)22-13-5-2-4-12(8-13)19-10-16-17-18-19/h1-8,10H. The molecule has 1 aromatic heterocycles. The van der Waals surface area contributed by atoms with E-state index in [1.165, 1.54) is 47.4 Å². The van der Waals surface area contributed by atoms with Gasteiger partial charge in [0, 0.05) is 6.07 Å². The van der Waals surface area contributed by atoms with Gasteiger partial charge in [-0.2, -0.15) is 13.7 Å². The molecule has 9 heteroatoms. The van der Waals surface area contributed by atoms with E-state index in [0.29, 0.717) is 5.69 Å². The van der Waals surface area contributed by atoms with Crippen molar-refractivity contribution in [1.82, 2.24) is 20.2 Å². The predicted octanol–water partition coefficient (Wildman–Crippen LogP) is 1.30. The molecule has 0 aliphatic heterocycles. The molecule has 0 N–H and O–H groups in total. The van der Waals surface area contributed by atoms with Crippen LogP contribution in [0.15, 0.2) is 59.8 Å². The van der Waals surface area contributed by atoms with Crippen LogP contribution in [0.5, 0.6) is 5.75 Å². The van der Waals surface area contributed by atoms with Crippen molar-refractivity contribution in [1.29, 1.82) is 5.26 Å². The van der Waals surface area contributed by atoms with Gasteiger partial charge >= 0.3 is 10.1 Å². The molecule has 114 valence electrons. The summed E-state index contributed by atoms with van der Waals surface area (Å²) in [6.07, 6.45) is 1.38. The lowest BCUT2D eigenvalue weighted by atomic mass is 10.2. The van der Waals surface area contributed by atoms with E-state index in [0.717, 1.165) is 0 Å². The average Bonchev–Trinajstić information content (AvgIpc) is 3.09. The second-order valence-electron chi connectivity index (χ2n) is 4.43. The molecule has 0 aliphatic carbocycles. The third kappa shape index (κ3) is 3.17. The summed E-state index contributed by atoms with van der Waals surface area (Å²) in [6, 6.07) is 13.8. The molecule has 2 aromatic carbocycles. The summed E-state index contributed by atoms with van der Waals surface area (Å²) in [5.74, 6) is 0.111. The van der Waals surface area contributed by atoms with Gasteiger partial charge in [-0.25, -0.2) is 4.68 Å². The van der Waals surface area contributed by atoms with Gasteiger partial charge in [-0.15, -0.1) is 5.10 Å². The predicted molar refractivity (Wildman–Crippen MR) is 78.1 cm³/mol. The Morgan fingerprint density at radius 3 is 2.70 bits per heavy atom. The molecule has 8 nitrogen and oxygen atoms in total. The van der Waals surface area contributed by atoms with Gasteiger partial charge in [-0.1, -0.05) is 12.1 Å². The van der Waals surface area contributed by atoms with Gasteiger partial charge in [0.1, 0.15) is 17.0 Å². The highest BCUT2D eigenvalue weighted by Gasteiger charge is 2.17. The van der Waals surface area contributed by atoms with Crippen LogP contribution in [0.3, 0.4) is 0 Å². The van der Waals surface area contributed by atoms with Crippen molar-refractivity contribution in [3.8, 4) is 17.5 Å². The fourth-order valence-corrected chi connectivity index (χ4v) is 2.82. The molecular formula is C14H9N5O3S. The molecule has 0 unspecified atom stereocenters. The summed E-state index contributed by atoms with van der Waals surface area (Å²) in [4.78, 5) is -0.0932. The highest BCUT2D eigenvalue weighted by molar-refractivity contribution is 7.87. The maximum Gasteiger partial charge on any atom is 0.339 e. The highest BCUT2D eigenvalue weighted by atomic mass is 32.2. The maximum atomic E-state index is 12.3. The molecule has 0 bridgehead atoms. The third-order valence-electron chi connectivity index (χ3n) is 2.89. The molecule has 0 saturated carbocycles. The number of rotatable bonds is 4. The Morgan fingerprint density at radius 1 is 1.13 bits per heavy atom. The first-order valence-electron chi connectivity index (χ1n) is 6.36. The van der Waals surface area contributed by atoms with Crippen LogP contribution in [0.25, 0.3) is 5.69 Å². The van der Waals surface area contributed by atoms with Crippen molar-refractivity contribution in [3.05, 3.63) is 60.4 Å². The molecule has 0 spiro atoms. The SMILES string of the molecule is N#Cc1cccc(S(=O)(=O)Oc2cccc(-n3cnnn3)c2)c1. The first kappa shape index (κ1) is 14.7. The number of hydrogen-bond donors (Lipinski definition) is 0. The highest BCUT2D eigenvalue weighted by Crippen LogP contribution is 2.21. The van der Waals surface area contributed by atoms with Crippen LogP contribution in [0, 0.1) is 11.3 Å². The summed E-state index contributed by atoms with van der Waals surface area (Å²) < 4.78 is 31.1. The number of nitriles is 1. The van der Waals surface area contributed by atoms with Crippen LogP contribution in [0.2, 0.25) is 0 Å². The first-order chi connectivity index (χ1) is 11.1. The molecule has 0 aliphatic rings. The van der Waals surface area contributed by atoms with Crippen LogP contribution >= 0.6 is 0 Å². The third-order valence-corrected chi connectivity index (χ3v) is 4.13. The Morgan fingerprint density at radius 2 is 1.96 bits per heavy atom. The fourth-order valence-electron chi connectivity index (χ4n) is 1.85. The van der Waals surface area contributed by atoms with Gasteiger partial charge in [-0.05, 0) is 40.8 Å². The fraction of sp³-hybridized carbons (Fsp3) is 0. The van der Waals surface area contributed by atoms with Crippen LogP contribution in [0.4, 0.5) is 0 Å². The minimum atomic E-state index is -4.04. The van der Waals surface area contributed by atoms with Crippen molar-refractivity contribution >= 4 is 10.1 Å². The molecule has 3 rings (SSSR count). The summed E-state index contributed by atoms with van der Waals surface area (Å²) in [6.45, 7) is 0. The lowest BCUT2D eigenvalue weighted by Gasteiger charge is -2.08. The average molecular weight is 327 g/mol. The Balaban J connectivity index is 1.92. The lowest BCUT2D eigenvalue weighted by molar-refractivity contribution is 0.486. The zero-order valence-electron chi connectivity index (χ0n) is 11.6. The number of hydrogen-bond acceptors (Lipinski definition) is 7. The molecule has 23 heavy (non-hydrogen) atoms. The number of nitrogens with zero attached hydrogens (tertiary/aromatic N) is 5. The second kappa shape index (κ2) is 5.86. The van der Waals surface area contributed by atoms with Crippen LogP contribution < -0.4 is 4.18 Å². The molecule has 1 heterocycles. The summed E-state index contributed by atoms with van der Waals surface area (Å²) in [7, 11) is -4.04.